The molecule has 6 heteroatoms. The van der Waals surface area contributed by atoms with Gasteiger partial charge in [0.15, 0.2) is 0 Å². The molecule has 0 radical (unpaired) electrons. The number of pyridine rings is 1. The summed E-state index contributed by atoms with van der Waals surface area (Å²) in [6.45, 7) is 1.80. The van der Waals surface area contributed by atoms with Crippen molar-refractivity contribution in [3.05, 3.63) is 65.9 Å². The van der Waals surface area contributed by atoms with E-state index in [1.165, 1.54) is 24.4 Å². The van der Waals surface area contributed by atoms with Gasteiger partial charge in [-0.15, -0.1) is 0 Å². The molecule has 0 saturated carbocycles. The summed E-state index contributed by atoms with van der Waals surface area (Å²) in [5, 5.41) is 0.610. The van der Waals surface area contributed by atoms with Crippen LogP contribution in [0.4, 0.5) is 20.2 Å². The molecule has 0 N–H and O–H groups in total. The third-order valence-corrected chi connectivity index (χ3v) is 3.87. The minimum Gasteiger partial charge on any atom is -0.462 e. The van der Waals surface area contributed by atoms with Gasteiger partial charge in [0.2, 0.25) is 0 Å². The fourth-order valence-corrected chi connectivity index (χ4v) is 2.63. The average Bonchev–Trinajstić information content (AvgIpc) is 2.61. The van der Waals surface area contributed by atoms with Gasteiger partial charge in [0, 0.05) is 12.4 Å². The summed E-state index contributed by atoms with van der Waals surface area (Å²) in [5.74, 6) is -1.81. The number of fused-ring (bicyclic) bond motifs is 1. The molecular formula is C19H16F2N2O2. The van der Waals surface area contributed by atoms with Gasteiger partial charge < -0.3 is 9.64 Å². The van der Waals surface area contributed by atoms with Crippen molar-refractivity contribution in [2.75, 3.05) is 18.6 Å². The molecule has 2 aromatic carbocycles. The van der Waals surface area contributed by atoms with E-state index in [0.717, 1.165) is 0 Å². The van der Waals surface area contributed by atoms with Crippen molar-refractivity contribution in [2.24, 2.45) is 0 Å². The van der Waals surface area contributed by atoms with Crippen LogP contribution in [0.15, 0.2) is 48.7 Å². The van der Waals surface area contributed by atoms with E-state index in [1.54, 1.807) is 43.1 Å². The topological polar surface area (TPSA) is 42.4 Å². The van der Waals surface area contributed by atoms with E-state index in [0.29, 0.717) is 16.8 Å². The summed E-state index contributed by atoms with van der Waals surface area (Å²) in [4.78, 5) is 17.9. The number of nitrogens with zero attached hydrogens (tertiary/aromatic N) is 2. The zero-order valence-electron chi connectivity index (χ0n) is 13.8. The molecule has 0 amide bonds. The smallest absolute Gasteiger partial charge is 0.343 e. The third kappa shape index (κ3) is 3.15. The standard InChI is InChI=1S/C19H16F2N2O2/c1-3-25-19(24)17-14(20)7-5-9-16(17)23(2)13-10-12-6-4-8-15(21)18(12)22-11-13/h4-11H,3H2,1-2H3. The van der Waals surface area contributed by atoms with Gasteiger partial charge in [-0.1, -0.05) is 18.2 Å². The first kappa shape index (κ1) is 16.8. The lowest BCUT2D eigenvalue weighted by Gasteiger charge is -2.22. The zero-order chi connectivity index (χ0) is 18.0. The quantitative estimate of drug-likeness (QED) is 0.657. The lowest BCUT2D eigenvalue weighted by molar-refractivity contribution is 0.0522. The van der Waals surface area contributed by atoms with E-state index in [4.69, 9.17) is 4.74 Å². The molecule has 0 bridgehead atoms. The molecule has 4 nitrogen and oxygen atoms in total. The Hall–Kier alpha value is -3.02. The molecule has 0 spiro atoms. The summed E-state index contributed by atoms with van der Waals surface area (Å²) >= 11 is 0. The van der Waals surface area contributed by atoms with Gasteiger partial charge in [0.1, 0.15) is 22.7 Å². The number of ether oxygens (including phenoxy) is 1. The van der Waals surface area contributed by atoms with Crippen LogP contribution in [0.2, 0.25) is 0 Å². The maximum absolute atomic E-state index is 14.2. The molecule has 3 rings (SSSR count). The Labute approximate surface area is 143 Å². The number of rotatable bonds is 4. The van der Waals surface area contributed by atoms with Crippen molar-refractivity contribution in [1.29, 1.82) is 0 Å². The number of halogens is 2. The number of para-hydroxylation sites is 1. The molecule has 0 saturated heterocycles. The normalized spacial score (nSPS) is 10.7. The van der Waals surface area contributed by atoms with E-state index in [1.807, 2.05) is 0 Å². The fourth-order valence-electron chi connectivity index (χ4n) is 2.63. The number of anilines is 2. The maximum atomic E-state index is 14.2. The highest BCUT2D eigenvalue weighted by atomic mass is 19.1. The molecule has 0 aliphatic carbocycles. The number of carbonyl (C=O) groups is 1. The largest absolute Gasteiger partial charge is 0.462 e. The van der Waals surface area contributed by atoms with E-state index in [-0.39, 0.29) is 17.7 Å². The third-order valence-electron chi connectivity index (χ3n) is 3.87. The molecular weight excluding hydrogens is 326 g/mol. The Bertz CT molecular complexity index is 944. The van der Waals surface area contributed by atoms with Gasteiger partial charge in [0.05, 0.1) is 24.2 Å². The highest BCUT2D eigenvalue weighted by Gasteiger charge is 2.21. The summed E-state index contributed by atoms with van der Waals surface area (Å²) in [5.41, 5.74) is 1.04. The van der Waals surface area contributed by atoms with Crippen LogP contribution in [-0.2, 0) is 4.74 Å². The van der Waals surface area contributed by atoms with Gasteiger partial charge >= 0.3 is 5.97 Å². The van der Waals surface area contributed by atoms with Crippen molar-refractivity contribution in [1.82, 2.24) is 4.98 Å². The van der Waals surface area contributed by atoms with Crippen molar-refractivity contribution in [3.63, 3.8) is 0 Å². The minimum atomic E-state index is -0.734. The Morgan fingerprint density at radius 3 is 2.64 bits per heavy atom. The van der Waals surface area contributed by atoms with Crippen LogP contribution in [0.1, 0.15) is 17.3 Å². The van der Waals surface area contributed by atoms with Gasteiger partial charge in [-0.3, -0.25) is 4.98 Å². The summed E-state index contributed by atoms with van der Waals surface area (Å²) in [6.07, 6.45) is 1.48. The van der Waals surface area contributed by atoms with E-state index >= 15 is 0 Å². The molecule has 0 unspecified atom stereocenters. The Morgan fingerprint density at radius 1 is 1.16 bits per heavy atom. The molecule has 1 heterocycles. The van der Waals surface area contributed by atoms with E-state index < -0.39 is 17.6 Å². The summed E-state index contributed by atoms with van der Waals surface area (Å²) in [7, 11) is 1.68. The Morgan fingerprint density at radius 2 is 1.88 bits per heavy atom. The molecule has 128 valence electrons. The Balaban J connectivity index is 2.08. The first-order valence-electron chi connectivity index (χ1n) is 7.76. The van der Waals surface area contributed by atoms with Crippen molar-refractivity contribution < 1.29 is 18.3 Å². The van der Waals surface area contributed by atoms with Crippen LogP contribution >= 0.6 is 0 Å². The van der Waals surface area contributed by atoms with Crippen molar-refractivity contribution in [2.45, 2.75) is 6.92 Å². The SMILES string of the molecule is CCOC(=O)c1c(F)cccc1N(C)c1cnc2c(F)cccc2c1. The monoisotopic (exact) mass is 342 g/mol. The first-order valence-corrected chi connectivity index (χ1v) is 7.76. The van der Waals surface area contributed by atoms with Crippen LogP contribution < -0.4 is 4.90 Å². The molecule has 3 aromatic rings. The zero-order valence-corrected chi connectivity index (χ0v) is 13.8. The van der Waals surface area contributed by atoms with Crippen LogP contribution in [0.25, 0.3) is 10.9 Å². The number of esters is 1. The van der Waals surface area contributed by atoms with Crippen LogP contribution in [-0.4, -0.2) is 24.6 Å². The van der Waals surface area contributed by atoms with E-state index in [9.17, 15) is 13.6 Å². The summed E-state index contributed by atoms with van der Waals surface area (Å²) in [6, 6.07) is 10.7. The van der Waals surface area contributed by atoms with Gasteiger partial charge in [0.25, 0.3) is 0 Å². The molecule has 0 fully saturated rings. The second kappa shape index (κ2) is 6.84. The number of hydrogen-bond donors (Lipinski definition) is 0. The van der Waals surface area contributed by atoms with E-state index in [2.05, 4.69) is 4.98 Å². The minimum absolute atomic E-state index is 0.146. The number of carbonyl (C=O) groups excluding carboxylic acids is 1. The second-order valence-electron chi connectivity index (χ2n) is 5.42. The lowest BCUT2D eigenvalue weighted by atomic mass is 10.1. The first-order chi connectivity index (χ1) is 12.0. The molecule has 0 aliphatic rings. The van der Waals surface area contributed by atoms with Crippen molar-refractivity contribution in [3.8, 4) is 0 Å². The predicted molar refractivity (Wildman–Crippen MR) is 92.1 cm³/mol. The lowest BCUT2D eigenvalue weighted by Crippen LogP contribution is -2.17. The van der Waals surface area contributed by atoms with Crippen LogP contribution in [0.3, 0.4) is 0 Å². The molecule has 0 aliphatic heterocycles. The highest BCUT2D eigenvalue weighted by molar-refractivity contribution is 5.97. The van der Waals surface area contributed by atoms with Crippen LogP contribution in [0.5, 0.6) is 0 Å². The predicted octanol–water partition coefficient (Wildman–Crippen LogP) is 4.46. The Kier molecular flexibility index (Phi) is 4.61. The van der Waals surface area contributed by atoms with Crippen LogP contribution in [0, 0.1) is 11.6 Å². The number of aromatic nitrogens is 1. The average molecular weight is 342 g/mol. The molecule has 1 aromatic heterocycles. The maximum Gasteiger partial charge on any atom is 0.343 e. The second-order valence-corrected chi connectivity index (χ2v) is 5.42. The summed E-state index contributed by atoms with van der Waals surface area (Å²) < 4.78 is 32.9. The highest BCUT2D eigenvalue weighted by Crippen LogP contribution is 2.30. The van der Waals surface area contributed by atoms with Crippen molar-refractivity contribution >= 4 is 28.2 Å². The number of benzene rings is 2. The molecule has 0 atom stereocenters. The number of hydrogen-bond acceptors (Lipinski definition) is 4. The van der Waals surface area contributed by atoms with Gasteiger partial charge in [-0.2, -0.15) is 0 Å². The molecule has 25 heavy (non-hydrogen) atoms. The van der Waals surface area contributed by atoms with Gasteiger partial charge in [-0.05, 0) is 31.2 Å². The fraction of sp³-hybridized carbons (Fsp3) is 0.158. The van der Waals surface area contributed by atoms with Gasteiger partial charge in [-0.25, -0.2) is 13.6 Å².